The molecule has 0 amide bonds. The van der Waals surface area contributed by atoms with Crippen molar-refractivity contribution in [2.75, 3.05) is 10.0 Å². The predicted molar refractivity (Wildman–Crippen MR) is 131 cm³/mol. The fraction of sp³-hybridized carbons (Fsp3) is 0.231. The molecule has 5 rings (SSSR count). The fourth-order valence-corrected chi connectivity index (χ4v) is 6.35. The quantitative estimate of drug-likeness (QED) is 0.428. The standard InChI is InChI=1S/C26H25ClN2O2S/c1-16-12-17(2)14-18(13-16)29-32(30,31)19-10-11-25-23(15-19)20-7-5-8-21(20)26(28-25)22-6-3-4-9-24(22)27/h3-7,9-15,20-21,26,28-29H,8H2,1-2H3/t20-,21+,26-/m0/s1. The van der Waals surface area contributed by atoms with Crippen LogP contribution >= 0.6 is 11.6 Å². The van der Waals surface area contributed by atoms with E-state index >= 15 is 0 Å². The van der Waals surface area contributed by atoms with Gasteiger partial charge in [0.2, 0.25) is 0 Å². The maximum absolute atomic E-state index is 13.2. The van der Waals surface area contributed by atoms with Crippen molar-refractivity contribution >= 4 is 33.0 Å². The molecule has 0 spiro atoms. The van der Waals surface area contributed by atoms with Gasteiger partial charge in [-0.1, -0.05) is 48.0 Å². The third-order valence-electron chi connectivity index (χ3n) is 6.36. The summed E-state index contributed by atoms with van der Waals surface area (Å²) in [5, 5.41) is 4.38. The Labute approximate surface area is 194 Å². The number of halogens is 1. The number of nitrogens with one attached hydrogen (secondary N) is 2. The maximum Gasteiger partial charge on any atom is 0.261 e. The average Bonchev–Trinajstić information content (AvgIpc) is 3.22. The van der Waals surface area contributed by atoms with E-state index in [4.69, 9.17) is 11.6 Å². The predicted octanol–water partition coefficient (Wildman–Crippen LogP) is 6.58. The molecular formula is C26H25ClN2O2S. The zero-order valence-electron chi connectivity index (χ0n) is 18.0. The Morgan fingerprint density at radius 3 is 2.47 bits per heavy atom. The van der Waals surface area contributed by atoms with Gasteiger partial charge in [-0.2, -0.15) is 0 Å². The molecule has 3 atom stereocenters. The maximum atomic E-state index is 13.2. The van der Waals surface area contributed by atoms with Gasteiger partial charge in [0, 0.05) is 22.3 Å². The van der Waals surface area contributed by atoms with Crippen LogP contribution in [-0.4, -0.2) is 8.42 Å². The van der Waals surface area contributed by atoms with Crippen LogP contribution in [0.5, 0.6) is 0 Å². The van der Waals surface area contributed by atoms with Crippen LogP contribution in [0.1, 0.15) is 40.6 Å². The highest BCUT2D eigenvalue weighted by Gasteiger charge is 2.39. The molecule has 1 heterocycles. The first kappa shape index (κ1) is 21.1. The first-order valence-corrected chi connectivity index (χ1v) is 12.6. The summed E-state index contributed by atoms with van der Waals surface area (Å²) >= 11 is 6.51. The lowest BCUT2D eigenvalue weighted by Crippen LogP contribution is -2.29. The van der Waals surface area contributed by atoms with Gasteiger partial charge in [0.1, 0.15) is 0 Å². The number of fused-ring (bicyclic) bond motifs is 3. The lowest BCUT2D eigenvalue weighted by Gasteiger charge is -2.38. The van der Waals surface area contributed by atoms with Gasteiger partial charge in [-0.25, -0.2) is 8.42 Å². The number of hydrogen-bond acceptors (Lipinski definition) is 3. The summed E-state index contributed by atoms with van der Waals surface area (Å²) in [4.78, 5) is 0.271. The number of anilines is 2. The van der Waals surface area contributed by atoms with E-state index in [0.717, 1.165) is 39.4 Å². The van der Waals surface area contributed by atoms with Gasteiger partial charge in [0.15, 0.2) is 0 Å². The summed E-state index contributed by atoms with van der Waals surface area (Å²) < 4.78 is 29.1. The Kier molecular flexibility index (Phi) is 5.26. The molecule has 1 aliphatic heterocycles. The van der Waals surface area contributed by atoms with Gasteiger partial charge < -0.3 is 5.32 Å². The van der Waals surface area contributed by atoms with Crippen LogP contribution in [0.15, 0.2) is 77.7 Å². The van der Waals surface area contributed by atoms with E-state index in [1.165, 1.54) is 0 Å². The smallest absolute Gasteiger partial charge is 0.261 e. The first-order chi connectivity index (χ1) is 15.3. The molecule has 0 aromatic heterocycles. The molecular weight excluding hydrogens is 440 g/mol. The van der Waals surface area contributed by atoms with E-state index in [1.807, 2.05) is 62.4 Å². The van der Waals surface area contributed by atoms with E-state index in [1.54, 1.807) is 6.07 Å². The van der Waals surface area contributed by atoms with Gasteiger partial charge in [-0.15, -0.1) is 0 Å². The summed E-state index contributed by atoms with van der Waals surface area (Å²) in [7, 11) is -3.70. The van der Waals surface area contributed by atoms with Crippen molar-refractivity contribution in [3.05, 3.63) is 100 Å². The number of aryl methyl sites for hydroxylation is 2. The highest BCUT2D eigenvalue weighted by Crippen LogP contribution is 2.51. The Bertz CT molecular complexity index is 1310. The molecule has 2 aliphatic rings. The molecule has 0 fully saturated rings. The zero-order valence-corrected chi connectivity index (χ0v) is 19.5. The average molecular weight is 465 g/mol. The molecule has 164 valence electrons. The van der Waals surface area contributed by atoms with E-state index < -0.39 is 10.0 Å². The molecule has 0 saturated carbocycles. The van der Waals surface area contributed by atoms with Gasteiger partial charge in [-0.3, -0.25) is 4.72 Å². The van der Waals surface area contributed by atoms with Crippen LogP contribution < -0.4 is 10.0 Å². The number of rotatable bonds is 4. The van der Waals surface area contributed by atoms with Gasteiger partial charge in [-0.05, 0) is 84.8 Å². The molecule has 3 aromatic rings. The van der Waals surface area contributed by atoms with Crippen LogP contribution in [0.2, 0.25) is 5.02 Å². The minimum absolute atomic E-state index is 0.0760. The SMILES string of the molecule is Cc1cc(C)cc(NS(=O)(=O)c2ccc3c(c2)[C@H]2C=CC[C@H]2[C@@H](c2ccccc2Cl)N3)c1. The first-order valence-electron chi connectivity index (χ1n) is 10.7. The molecule has 4 nitrogen and oxygen atoms in total. The molecule has 0 radical (unpaired) electrons. The van der Waals surface area contributed by atoms with E-state index in [2.05, 4.69) is 28.3 Å². The summed E-state index contributed by atoms with van der Waals surface area (Å²) in [6, 6.07) is 19.0. The van der Waals surface area contributed by atoms with Gasteiger partial charge >= 0.3 is 0 Å². The second-order valence-electron chi connectivity index (χ2n) is 8.73. The lowest BCUT2D eigenvalue weighted by atomic mass is 9.77. The Morgan fingerprint density at radius 1 is 0.969 bits per heavy atom. The van der Waals surface area contributed by atoms with Gasteiger partial charge in [0.05, 0.1) is 10.9 Å². The summed E-state index contributed by atoms with van der Waals surface area (Å²) in [6.45, 7) is 3.91. The molecule has 0 saturated heterocycles. The highest BCUT2D eigenvalue weighted by atomic mass is 35.5. The Hall–Kier alpha value is -2.76. The van der Waals surface area contributed by atoms with E-state index in [-0.39, 0.29) is 22.8 Å². The van der Waals surface area contributed by atoms with Crippen LogP contribution in [0.25, 0.3) is 0 Å². The second-order valence-corrected chi connectivity index (χ2v) is 10.8. The van der Waals surface area contributed by atoms with Crippen molar-refractivity contribution in [1.82, 2.24) is 0 Å². The summed E-state index contributed by atoms with van der Waals surface area (Å²) in [5.74, 6) is 0.427. The van der Waals surface area contributed by atoms with E-state index in [9.17, 15) is 8.42 Å². The Balaban J connectivity index is 1.50. The minimum Gasteiger partial charge on any atom is -0.378 e. The number of sulfonamides is 1. The van der Waals surface area contributed by atoms with Gasteiger partial charge in [0.25, 0.3) is 10.0 Å². The number of allylic oxidation sites excluding steroid dienone is 2. The molecule has 2 N–H and O–H groups in total. The van der Waals surface area contributed by atoms with Crippen LogP contribution in [0.4, 0.5) is 11.4 Å². The molecule has 0 unspecified atom stereocenters. The normalized spacial score (nSPS) is 21.5. The minimum atomic E-state index is -3.70. The van der Waals surface area contributed by atoms with Crippen molar-refractivity contribution in [2.45, 2.75) is 37.1 Å². The molecule has 6 heteroatoms. The van der Waals surface area contributed by atoms with Crippen LogP contribution in [0.3, 0.4) is 0 Å². The third kappa shape index (κ3) is 3.80. The zero-order chi connectivity index (χ0) is 22.5. The fourth-order valence-electron chi connectivity index (χ4n) is 5.02. The molecule has 3 aromatic carbocycles. The number of benzene rings is 3. The Morgan fingerprint density at radius 2 is 1.72 bits per heavy atom. The van der Waals surface area contributed by atoms with Crippen molar-refractivity contribution in [2.24, 2.45) is 5.92 Å². The number of hydrogen-bond donors (Lipinski definition) is 2. The highest BCUT2D eigenvalue weighted by molar-refractivity contribution is 7.92. The topological polar surface area (TPSA) is 58.2 Å². The monoisotopic (exact) mass is 464 g/mol. The van der Waals surface area contributed by atoms with Crippen molar-refractivity contribution < 1.29 is 8.42 Å². The third-order valence-corrected chi connectivity index (χ3v) is 8.08. The molecule has 0 bridgehead atoms. The van der Waals surface area contributed by atoms with Crippen molar-refractivity contribution in [3.63, 3.8) is 0 Å². The molecule has 1 aliphatic carbocycles. The van der Waals surface area contributed by atoms with Crippen LogP contribution in [-0.2, 0) is 10.0 Å². The van der Waals surface area contributed by atoms with E-state index in [0.29, 0.717) is 5.69 Å². The summed E-state index contributed by atoms with van der Waals surface area (Å²) in [5.41, 5.74) is 5.65. The summed E-state index contributed by atoms with van der Waals surface area (Å²) in [6.07, 6.45) is 5.30. The van der Waals surface area contributed by atoms with Crippen molar-refractivity contribution in [1.29, 1.82) is 0 Å². The second kappa shape index (κ2) is 7.98. The largest absolute Gasteiger partial charge is 0.378 e. The van der Waals surface area contributed by atoms with Crippen molar-refractivity contribution in [3.8, 4) is 0 Å². The molecule has 32 heavy (non-hydrogen) atoms. The lowest BCUT2D eigenvalue weighted by molar-refractivity contribution is 0.425. The van der Waals surface area contributed by atoms with Crippen LogP contribution in [0, 0.1) is 19.8 Å².